The van der Waals surface area contributed by atoms with Crippen molar-refractivity contribution in [3.63, 3.8) is 0 Å². The Morgan fingerprint density at radius 2 is 1.86 bits per heavy atom. The molecular formula is C16H15BrN2O2. The van der Waals surface area contributed by atoms with Gasteiger partial charge in [0.15, 0.2) is 0 Å². The smallest absolute Gasteiger partial charge is 0.336 e. The van der Waals surface area contributed by atoms with E-state index in [1.54, 1.807) is 6.07 Å². The number of carboxylic acids is 1. The van der Waals surface area contributed by atoms with Gasteiger partial charge in [0.05, 0.1) is 16.9 Å². The van der Waals surface area contributed by atoms with E-state index in [1.807, 2.05) is 24.3 Å². The SMILES string of the molecule is CN1CCN(c2ccc(C(=O)O)c(Br)c2)c2ccccc21. The van der Waals surface area contributed by atoms with Crippen molar-refractivity contribution in [1.29, 1.82) is 0 Å². The molecule has 0 bridgehead atoms. The Morgan fingerprint density at radius 3 is 2.52 bits per heavy atom. The molecule has 0 atom stereocenters. The maximum atomic E-state index is 11.1. The van der Waals surface area contributed by atoms with E-state index < -0.39 is 5.97 Å². The third kappa shape index (κ3) is 2.49. The van der Waals surface area contributed by atoms with Crippen LogP contribution in [0.4, 0.5) is 17.1 Å². The quantitative estimate of drug-likeness (QED) is 0.899. The van der Waals surface area contributed by atoms with Gasteiger partial charge < -0.3 is 14.9 Å². The Hall–Kier alpha value is -2.01. The van der Waals surface area contributed by atoms with Crippen molar-refractivity contribution in [2.24, 2.45) is 0 Å². The van der Waals surface area contributed by atoms with Gasteiger partial charge in [-0.15, -0.1) is 0 Å². The average Bonchev–Trinajstić information content (AvgIpc) is 2.47. The molecule has 0 radical (unpaired) electrons. The molecule has 1 aliphatic heterocycles. The summed E-state index contributed by atoms with van der Waals surface area (Å²) in [6, 6.07) is 13.6. The first-order valence-electron chi connectivity index (χ1n) is 6.68. The number of rotatable bonds is 2. The van der Waals surface area contributed by atoms with Crippen molar-refractivity contribution in [2.45, 2.75) is 0 Å². The molecule has 3 rings (SSSR count). The molecule has 1 aliphatic rings. The fraction of sp³-hybridized carbons (Fsp3) is 0.188. The molecule has 5 heteroatoms. The van der Waals surface area contributed by atoms with Gasteiger partial charge in [0, 0.05) is 30.3 Å². The van der Waals surface area contributed by atoms with Crippen LogP contribution in [0.25, 0.3) is 0 Å². The number of para-hydroxylation sites is 2. The summed E-state index contributed by atoms with van der Waals surface area (Å²) in [6.07, 6.45) is 0. The Labute approximate surface area is 131 Å². The Morgan fingerprint density at radius 1 is 1.14 bits per heavy atom. The fourth-order valence-electron chi connectivity index (χ4n) is 2.62. The number of halogens is 1. The van der Waals surface area contributed by atoms with Crippen LogP contribution in [0.5, 0.6) is 0 Å². The van der Waals surface area contributed by atoms with Crippen molar-refractivity contribution >= 4 is 39.0 Å². The number of carboxylic acid groups (broad SMARTS) is 1. The molecule has 0 aliphatic carbocycles. The lowest BCUT2D eigenvalue weighted by atomic mass is 10.1. The number of anilines is 3. The van der Waals surface area contributed by atoms with Gasteiger partial charge in [-0.2, -0.15) is 0 Å². The molecule has 0 unspecified atom stereocenters. The molecule has 1 heterocycles. The summed E-state index contributed by atoms with van der Waals surface area (Å²) >= 11 is 3.35. The maximum absolute atomic E-state index is 11.1. The summed E-state index contributed by atoms with van der Waals surface area (Å²) < 4.78 is 0.601. The molecule has 1 N–H and O–H groups in total. The molecule has 108 valence electrons. The number of fused-ring (bicyclic) bond motifs is 1. The number of benzene rings is 2. The topological polar surface area (TPSA) is 43.8 Å². The largest absolute Gasteiger partial charge is 0.478 e. The summed E-state index contributed by atoms with van der Waals surface area (Å²) in [5.41, 5.74) is 3.59. The summed E-state index contributed by atoms with van der Waals surface area (Å²) in [5.74, 6) is -0.924. The van der Waals surface area contributed by atoms with E-state index in [-0.39, 0.29) is 5.56 Å². The second-order valence-corrected chi connectivity index (χ2v) is 5.89. The first-order valence-corrected chi connectivity index (χ1v) is 7.48. The van der Waals surface area contributed by atoms with Crippen LogP contribution in [0.15, 0.2) is 46.9 Å². The molecule has 21 heavy (non-hydrogen) atoms. The third-order valence-electron chi connectivity index (χ3n) is 3.74. The summed E-state index contributed by atoms with van der Waals surface area (Å²) in [6.45, 7) is 1.79. The van der Waals surface area contributed by atoms with Crippen LogP contribution in [0.1, 0.15) is 10.4 Å². The van der Waals surface area contributed by atoms with Gasteiger partial charge in [-0.1, -0.05) is 12.1 Å². The zero-order chi connectivity index (χ0) is 15.0. The zero-order valence-electron chi connectivity index (χ0n) is 11.6. The lowest BCUT2D eigenvalue weighted by Crippen LogP contribution is -2.36. The molecule has 4 nitrogen and oxygen atoms in total. The molecule has 0 fully saturated rings. The van der Waals surface area contributed by atoms with Crippen LogP contribution in [0, 0.1) is 0 Å². The van der Waals surface area contributed by atoms with Crippen LogP contribution in [-0.4, -0.2) is 31.2 Å². The monoisotopic (exact) mass is 346 g/mol. The minimum Gasteiger partial charge on any atom is -0.478 e. The zero-order valence-corrected chi connectivity index (χ0v) is 13.2. The number of carbonyl (C=O) groups is 1. The lowest BCUT2D eigenvalue weighted by molar-refractivity contribution is 0.0696. The molecule has 0 saturated heterocycles. The van der Waals surface area contributed by atoms with Crippen molar-refractivity contribution in [2.75, 3.05) is 29.9 Å². The Balaban J connectivity index is 2.04. The summed E-state index contributed by atoms with van der Waals surface area (Å²) in [5, 5.41) is 9.11. The van der Waals surface area contributed by atoms with Crippen LogP contribution in [0.2, 0.25) is 0 Å². The van der Waals surface area contributed by atoms with E-state index >= 15 is 0 Å². The van der Waals surface area contributed by atoms with E-state index in [0.717, 1.165) is 24.5 Å². The van der Waals surface area contributed by atoms with Gasteiger partial charge in [-0.25, -0.2) is 4.79 Å². The highest BCUT2D eigenvalue weighted by Crippen LogP contribution is 2.37. The first-order chi connectivity index (χ1) is 10.1. The standard InChI is InChI=1S/C16H15BrN2O2/c1-18-8-9-19(15-5-3-2-4-14(15)18)11-6-7-12(16(20)21)13(17)10-11/h2-7,10H,8-9H2,1H3,(H,20,21). The highest BCUT2D eigenvalue weighted by Gasteiger charge is 2.21. The number of likely N-dealkylation sites (N-methyl/N-ethyl adjacent to an activating group) is 1. The Kier molecular flexibility index (Phi) is 3.59. The lowest BCUT2D eigenvalue weighted by Gasteiger charge is -2.37. The molecule has 0 saturated carbocycles. The minimum atomic E-state index is -0.924. The van der Waals surface area contributed by atoms with E-state index in [1.165, 1.54) is 5.69 Å². The van der Waals surface area contributed by atoms with Gasteiger partial charge in [0.1, 0.15) is 0 Å². The van der Waals surface area contributed by atoms with Crippen molar-refractivity contribution in [1.82, 2.24) is 0 Å². The molecule has 2 aromatic carbocycles. The van der Waals surface area contributed by atoms with Crippen LogP contribution < -0.4 is 9.80 Å². The predicted molar refractivity (Wildman–Crippen MR) is 87.8 cm³/mol. The van der Waals surface area contributed by atoms with Gasteiger partial charge in [-0.3, -0.25) is 0 Å². The fourth-order valence-corrected chi connectivity index (χ4v) is 3.16. The van der Waals surface area contributed by atoms with E-state index in [9.17, 15) is 4.79 Å². The number of hydrogen-bond acceptors (Lipinski definition) is 3. The molecular weight excluding hydrogens is 332 g/mol. The van der Waals surface area contributed by atoms with Gasteiger partial charge in [0.2, 0.25) is 0 Å². The highest BCUT2D eigenvalue weighted by atomic mass is 79.9. The van der Waals surface area contributed by atoms with Crippen molar-refractivity contribution < 1.29 is 9.90 Å². The maximum Gasteiger partial charge on any atom is 0.336 e. The van der Waals surface area contributed by atoms with Gasteiger partial charge >= 0.3 is 5.97 Å². The normalized spacial score (nSPS) is 14.0. The first kappa shape index (κ1) is 13.9. The average molecular weight is 347 g/mol. The number of aromatic carboxylic acids is 1. The van der Waals surface area contributed by atoms with E-state index in [2.05, 4.69) is 44.9 Å². The number of hydrogen-bond donors (Lipinski definition) is 1. The molecule has 0 aromatic heterocycles. The van der Waals surface area contributed by atoms with Crippen LogP contribution >= 0.6 is 15.9 Å². The van der Waals surface area contributed by atoms with Gasteiger partial charge in [0.25, 0.3) is 0 Å². The summed E-state index contributed by atoms with van der Waals surface area (Å²) in [7, 11) is 2.08. The second-order valence-electron chi connectivity index (χ2n) is 5.03. The van der Waals surface area contributed by atoms with E-state index in [0.29, 0.717) is 4.47 Å². The van der Waals surface area contributed by atoms with Crippen molar-refractivity contribution in [3.05, 3.63) is 52.5 Å². The second kappa shape index (κ2) is 5.41. The minimum absolute atomic E-state index is 0.279. The van der Waals surface area contributed by atoms with Crippen LogP contribution in [-0.2, 0) is 0 Å². The Bertz CT molecular complexity index is 702. The van der Waals surface area contributed by atoms with Crippen molar-refractivity contribution in [3.8, 4) is 0 Å². The predicted octanol–water partition coefficient (Wildman–Crippen LogP) is 3.74. The number of nitrogens with zero attached hydrogens (tertiary/aromatic N) is 2. The molecule has 0 amide bonds. The molecule has 2 aromatic rings. The summed E-state index contributed by atoms with van der Waals surface area (Å²) in [4.78, 5) is 15.5. The third-order valence-corrected chi connectivity index (χ3v) is 4.39. The van der Waals surface area contributed by atoms with E-state index in [4.69, 9.17) is 5.11 Å². The van der Waals surface area contributed by atoms with Gasteiger partial charge in [-0.05, 0) is 46.3 Å². The van der Waals surface area contributed by atoms with Crippen LogP contribution in [0.3, 0.4) is 0 Å². The molecule has 0 spiro atoms. The highest BCUT2D eigenvalue weighted by molar-refractivity contribution is 9.10.